The van der Waals surface area contributed by atoms with Crippen LogP contribution in [0.3, 0.4) is 0 Å². The number of hydrogen-bond acceptors (Lipinski definition) is 1. The van der Waals surface area contributed by atoms with E-state index in [1.165, 1.54) is 27.4 Å². The van der Waals surface area contributed by atoms with Gasteiger partial charge >= 0.3 is 0 Å². The van der Waals surface area contributed by atoms with Gasteiger partial charge in [-0.25, -0.2) is 11.1 Å². The van der Waals surface area contributed by atoms with E-state index in [9.17, 15) is 5.26 Å². The molecule has 0 fully saturated rings. The Labute approximate surface area is 192 Å². The van der Waals surface area contributed by atoms with Crippen LogP contribution in [0.4, 0.5) is 0 Å². The second kappa shape index (κ2) is 6.21. The Morgan fingerprint density at radius 2 is 1.82 bits per heavy atom. The van der Waals surface area contributed by atoms with Gasteiger partial charge in [-0.15, -0.1) is 0 Å². The van der Waals surface area contributed by atoms with Crippen LogP contribution in [-0.2, 0) is 12.6 Å². The third-order valence-electron chi connectivity index (χ3n) is 7.39. The number of nitriles is 1. The van der Waals surface area contributed by atoms with Crippen molar-refractivity contribution in [1.82, 2.24) is 4.40 Å². The number of nitrogens with zero attached hydrogens (tertiary/aromatic N) is 4. The van der Waals surface area contributed by atoms with Gasteiger partial charge in [0.15, 0.2) is 6.20 Å². The summed E-state index contributed by atoms with van der Waals surface area (Å²) in [5.74, 6) is 0. The van der Waals surface area contributed by atoms with Crippen molar-refractivity contribution in [2.45, 2.75) is 33.2 Å². The minimum Gasteiger partial charge on any atom is -0.307 e. The first-order chi connectivity index (χ1) is 15.8. The number of aromatic nitrogens is 2. The normalized spacial score (nSPS) is 12.3. The molecule has 0 bridgehead atoms. The van der Waals surface area contributed by atoms with E-state index in [-0.39, 0.29) is 0 Å². The van der Waals surface area contributed by atoms with Crippen molar-refractivity contribution in [3.8, 4) is 6.07 Å². The molecule has 0 saturated heterocycles. The minimum absolute atomic E-state index is 0.633. The fraction of sp³-hybridized carbons (Fsp3) is 0.207. The number of pyridine rings is 2. The lowest BCUT2D eigenvalue weighted by molar-refractivity contribution is -0.643. The minimum atomic E-state index is -0.633. The first-order valence-corrected chi connectivity index (χ1v) is 11.1. The van der Waals surface area contributed by atoms with Gasteiger partial charge in [-0.2, -0.15) is 5.26 Å². The van der Waals surface area contributed by atoms with E-state index in [2.05, 4.69) is 77.3 Å². The van der Waals surface area contributed by atoms with Crippen molar-refractivity contribution >= 4 is 49.0 Å². The molecule has 0 spiro atoms. The van der Waals surface area contributed by atoms with Crippen molar-refractivity contribution < 1.29 is 4.57 Å². The molecule has 0 aliphatic carbocycles. The molecule has 0 unspecified atom stereocenters. The van der Waals surface area contributed by atoms with Crippen molar-refractivity contribution in [2.75, 3.05) is 0 Å². The third-order valence-corrected chi connectivity index (χ3v) is 7.39. The van der Waals surface area contributed by atoms with Crippen LogP contribution in [0, 0.1) is 31.8 Å². The summed E-state index contributed by atoms with van der Waals surface area (Å²) in [6.07, 6.45) is 2.11. The van der Waals surface area contributed by atoms with Gasteiger partial charge in [-0.05, 0) is 60.7 Å². The number of rotatable bonds is 1. The fourth-order valence-electron chi connectivity index (χ4n) is 5.47. The van der Waals surface area contributed by atoms with Gasteiger partial charge in [0.05, 0.1) is 39.0 Å². The third kappa shape index (κ3) is 2.31. The molecule has 4 nitrogen and oxygen atoms in total. The second-order valence-corrected chi connectivity index (χ2v) is 9.64. The Morgan fingerprint density at radius 3 is 2.55 bits per heavy atom. The Bertz CT molecular complexity index is 1890. The molecule has 0 atom stereocenters. The molecule has 158 valence electrons. The number of aryl methyl sites for hydroxylation is 3. The molecule has 0 saturated carbocycles. The molecule has 6 rings (SSSR count). The lowest BCUT2D eigenvalue weighted by Gasteiger charge is -2.17. The van der Waals surface area contributed by atoms with Crippen LogP contribution in [0.1, 0.15) is 36.1 Å². The highest BCUT2D eigenvalue weighted by atomic mass is 15.0. The van der Waals surface area contributed by atoms with Crippen LogP contribution < -0.4 is 4.57 Å². The van der Waals surface area contributed by atoms with Gasteiger partial charge in [0.1, 0.15) is 7.05 Å². The van der Waals surface area contributed by atoms with Gasteiger partial charge in [0.25, 0.3) is 5.54 Å². The highest BCUT2D eigenvalue weighted by molar-refractivity contribution is 6.26. The quantitative estimate of drug-likeness (QED) is 0.128. The second-order valence-electron chi connectivity index (χ2n) is 9.64. The Morgan fingerprint density at radius 1 is 1.03 bits per heavy atom. The van der Waals surface area contributed by atoms with E-state index in [4.69, 9.17) is 6.57 Å². The zero-order valence-electron chi connectivity index (χ0n) is 19.4. The summed E-state index contributed by atoms with van der Waals surface area (Å²) in [5, 5.41) is 15.6. The molecular weight excluding hydrogens is 404 g/mol. The summed E-state index contributed by atoms with van der Waals surface area (Å²) in [4.78, 5) is 3.92. The summed E-state index contributed by atoms with van der Waals surface area (Å²) < 4.78 is 4.53. The summed E-state index contributed by atoms with van der Waals surface area (Å²) in [6, 6.07) is 17.1. The summed E-state index contributed by atoms with van der Waals surface area (Å²) in [7, 11) is 2.10. The summed E-state index contributed by atoms with van der Waals surface area (Å²) in [5.41, 5.74) is 7.97. The Kier molecular flexibility index (Phi) is 3.68. The fourth-order valence-corrected chi connectivity index (χ4v) is 5.47. The molecule has 0 aliphatic rings. The Balaban J connectivity index is 2.08. The van der Waals surface area contributed by atoms with Crippen LogP contribution in [0.2, 0.25) is 0 Å². The van der Waals surface area contributed by atoms with E-state index in [1.54, 1.807) is 0 Å². The van der Waals surface area contributed by atoms with Crippen molar-refractivity contribution in [3.63, 3.8) is 0 Å². The maximum Gasteiger partial charge on any atom is 0.252 e. The van der Waals surface area contributed by atoms with Crippen molar-refractivity contribution in [2.24, 2.45) is 7.05 Å². The lowest BCUT2D eigenvalue weighted by atomic mass is 9.90. The predicted octanol–water partition coefficient (Wildman–Crippen LogP) is 6.46. The monoisotopic (exact) mass is 427 g/mol. The van der Waals surface area contributed by atoms with Crippen LogP contribution in [-0.4, -0.2) is 4.40 Å². The van der Waals surface area contributed by atoms with Gasteiger partial charge in [-0.1, -0.05) is 6.07 Å². The summed E-state index contributed by atoms with van der Waals surface area (Å²) >= 11 is 0. The smallest absolute Gasteiger partial charge is 0.252 e. The first-order valence-electron chi connectivity index (χ1n) is 11.1. The zero-order chi connectivity index (χ0) is 23.2. The van der Waals surface area contributed by atoms with Crippen LogP contribution in [0.25, 0.3) is 53.8 Å². The largest absolute Gasteiger partial charge is 0.307 e. The number of fused-ring (bicyclic) bond motifs is 5. The first kappa shape index (κ1) is 19.5. The molecule has 0 aliphatic heterocycles. The molecule has 0 N–H and O–H groups in total. The van der Waals surface area contributed by atoms with E-state index < -0.39 is 5.54 Å². The molecule has 4 heteroatoms. The van der Waals surface area contributed by atoms with E-state index in [0.29, 0.717) is 5.56 Å². The highest BCUT2D eigenvalue weighted by Gasteiger charge is 2.30. The lowest BCUT2D eigenvalue weighted by Crippen LogP contribution is -2.29. The van der Waals surface area contributed by atoms with E-state index >= 15 is 0 Å². The highest BCUT2D eigenvalue weighted by Crippen LogP contribution is 2.43. The molecule has 3 heterocycles. The average molecular weight is 428 g/mol. The molecule has 3 aromatic carbocycles. The average Bonchev–Trinajstić information content (AvgIpc) is 3.14. The zero-order valence-corrected chi connectivity index (χ0v) is 19.4. The molecule has 0 radical (unpaired) electrons. The van der Waals surface area contributed by atoms with Gasteiger partial charge in [0, 0.05) is 36.2 Å². The van der Waals surface area contributed by atoms with Crippen molar-refractivity contribution in [1.29, 1.82) is 5.26 Å². The van der Waals surface area contributed by atoms with Crippen molar-refractivity contribution in [3.05, 3.63) is 82.3 Å². The predicted molar refractivity (Wildman–Crippen MR) is 134 cm³/mol. The van der Waals surface area contributed by atoms with Crippen LogP contribution >= 0.6 is 0 Å². The van der Waals surface area contributed by atoms with E-state index in [1.807, 2.05) is 26.0 Å². The van der Waals surface area contributed by atoms with Gasteiger partial charge < -0.3 is 9.25 Å². The molecule has 6 aromatic rings. The number of benzene rings is 3. The molecule has 0 amide bonds. The topological polar surface area (TPSA) is 36.4 Å². The molecular formula is C29H23N4+. The molecule has 33 heavy (non-hydrogen) atoms. The van der Waals surface area contributed by atoms with Gasteiger partial charge in [-0.3, -0.25) is 0 Å². The molecule has 3 aromatic heterocycles. The SMILES string of the molecule is [C-]#[N+]C(C)(C)c1cc2cc[n+](C)c3c4c(C)c(C)cc5c6c(C#N)cccc6n(c(c1)c23)c54. The van der Waals surface area contributed by atoms with E-state index in [0.717, 1.165) is 38.3 Å². The Hall–Kier alpha value is -4.15. The van der Waals surface area contributed by atoms with Crippen LogP contribution in [0.15, 0.2) is 48.7 Å². The van der Waals surface area contributed by atoms with Crippen LogP contribution in [0.5, 0.6) is 0 Å². The standard InChI is InChI=1S/C29H23N4/c1-16-12-21-25-19(15-30)8-7-9-22(25)33-23-14-20(29(3,4)31-5)13-18-10-11-32(6)28(26(18)23)24(17(16)2)27(21)33/h7-14H,1-4,6H3/q+1. The maximum absolute atomic E-state index is 9.94. The summed E-state index contributed by atoms with van der Waals surface area (Å²) in [6.45, 7) is 16.1. The number of hydrogen-bond donors (Lipinski definition) is 0. The van der Waals surface area contributed by atoms with Gasteiger partial charge in [0.2, 0.25) is 5.52 Å². The maximum atomic E-state index is 9.94.